The first-order valence-electron chi connectivity index (χ1n) is 10.4. The van der Waals surface area contributed by atoms with E-state index in [9.17, 15) is 4.79 Å². The zero-order chi connectivity index (χ0) is 21.9. The molecule has 0 fully saturated rings. The summed E-state index contributed by atoms with van der Waals surface area (Å²) in [4.78, 5) is 21.7. The van der Waals surface area contributed by atoms with E-state index in [-0.39, 0.29) is 12.5 Å². The standard InChI is InChI=1S/C26H22BrN3O2/c27-20-7-9-21(10-8-20)32-17-26(31)30(15-18-3-1-5-24-22(18)11-13-28-24)16-19-4-2-6-25-23(19)12-14-29-25/h1-14,28-29H,15-17H2. The Bertz CT molecular complexity index is 1290. The number of aromatic amines is 2. The molecule has 0 aliphatic heterocycles. The van der Waals surface area contributed by atoms with Crippen LogP contribution in [0.5, 0.6) is 5.75 Å². The molecule has 160 valence electrons. The second-order valence-corrected chi connectivity index (χ2v) is 8.62. The number of ether oxygens (including phenoxy) is 1. The minimum absolute atomic E-state index is 0.0200. The SMILES string of the molecule is O=C(COc1ccc(Br)cc1)N(Cc1cccc2[nH]ccc12)Cc1cccc2[nH]ccc12. The first kappa shape index (κ1) is 20.4. The first-order chi connectivity index (χ1) is 15.7. The van der Waals surface area contributed by atoms with Gasteiger partial charge in [0.1, 0.15) is 5.75 Å². The summed E-state index contributed by atoms with van der Waals surface area (Å²) >= 11 is 3.42. The minimum Gasteiger partial charge on any atom is -0.484 e. The molecule has 1 amide bonds. The predicted molar refractivity (Wildman–Crippen MR) is 130 cm³/mol. The third-order valence-corrected chi connectivity index (χ3v) is 6.15. The van der Waals surface area contributed by atoms with E-state index in [0.29, 0.717) is 18.8 Å². The molecule has 2 aromatic heterocycles. The van der Waals surface area contributed by atoms with Crippen molar-refractivity contribution >= 4 is 43.6 Å². The van der Waals surface area contributed by atoms with Gasteiger partial charge in [0.25, 0.3) is 5.91 Å². The molecule has 0 bridgehead atoms. The van der Waals surface area contributed by atoms with Gasteiger partial charge < -0.3 is 19.6 Å². The fourth-order valence-electron chi connectivity index (χ4n) is 3.99. The lowest BCUT2D eigenvalue weighted by atomic mass is 10.1. The molecule has 5 nitrogen and oxygen atoms in total. The number of nitrogens with one attached hydrogen (secondary N) is 2. The molecule has 0 aliphatic carbocycles. The van der Waals surface area contributed by atoms with Crippen molar-refractivity contribution in [1.82, 2.24) is 14.9 Å². The average Bonchev–Trinajstić information content (AvgIpc) is 3.48. The number of hydrogen-bond acceptors (Lipinski definition) is 2. The molecule has 6 heteroatoms. The van der Waals surface area contributed by atoms with Crippen LogP contribution in [-0.4, -0.2) is 27.4 Å². The maximum Gasteiger partial charge on any atom is 0.261 e. The predicted octanol–water partition coefficient (Wildman–Crippen LogP) is 6.02. The van der Waals surface area contributed by atoms with E-state index >= 15 is 0 Å². The van der Waals surface area contributed by atoms with Gasteiger partial charge in [-0.1, -0.05) is 40.2 Å². The minimum atomic E-state index is -0.0620. The number of nitrogens with zero attached hydrogens (tertiary/aromatic N) is 1. The largest absolute Gasteiger partial charge is 0.484 e. The molecule has 0 atom stereocenters. The highest BCUT2D eigenvalue weighted by Crippen LogP contribution is 2.23. The van der Waals surface area contributed by atoms with E-state index in [4.69, 9.17) is 4.74 Å². The van der Waals surface area contributed by atoms with E-state index in [0.717, 1.165) is 37.4 Å². The van der Waals surface area contributed by atoms with Gasteiger partial charge in [0.2, 0.25) is 0 Å². The summed E-state index contributed by atoms with van der Waals surface area (Å²) in [5, 5.41) is 2.25. The van der Waals surface area contributed by atoms with Gasteiger partial charge in [-0.15, -0.1) is 0 Å². The van der Waals surface area contributed by atoms with Crippen LogP contribution in [0.4, 0.5) is 0 Å². The monoisotopic (exact) mass is 487 g/mol. The van der Waals surface area contributed by atoms with Crippen molar-refractivity contribution in [3.8, 4) is 5.75 Å². The fourth-order valence-corrected chi connectivity index (χ4v) is 4.25. The number of aromatic nitrogens is 2. The molecule has 32 heavy (non-hydrogen) atoms. The van der Waals surface area contributed by atoms with Crippen LogP contribution in [-0.2, 0) is 17.9 Å². The van der Waals surface area contributed by atoms with Crippen molar-refractivity contribution < 1.29 is 9.53 Å². The molecule has 0 saturated carbocycles. The number of halogens is 1. The van der Waals surface area contributed by atoms with E-state index in [1.54, 1.807) is 0 Å². The van der Waals surface area contributed by atoms with Gasteiger partial charge in [-0.25, -0.2) is 0 Å². The number of hydrogen-bond donors (Lipinski definition) is 2. The summed E-state index contributed by atoms with van der Waals surface area (Å²) in [6.07, 6.45) is 3.86. The van der Waals surface area contributed by atoms with Crippen molar-refractivity contribution in [3.05, 3.63) is 101 Å². The number of rotatable bonds is 7. The molecular weight excluding hydrogens is 466 g/mol. The van der Waals surface area contributed by atoms with Crippen LogP contribution in [0.2, 0.25) is 0 Å². The summed E-state index contributed by atoms with van der Waals surface area (Å²) in [7, 11) is 0. The third-order valence-electron chi connectivity index (χ3n) is 5.62. The van der Waals surface area contributed by atoms with Gasteiger partial charge in [-0.2, -0.15) is 0 Å². The Balaban J connectivity index is 1.42. The molecule has 0 unspecified atom stereocenters. The number of benzene rings is 3. The van der Waals surface area contributed by atoms with Crippen molar-refractivity contribution in [2.24, 2.45) is 0 Å². The van der Waals surface area contributed by atoms with Crippen molar-refractivity contribution in [3.63, 3.8) is 0 Å². The molecule has 3 aromatic carbocycles. The summed E-state index contributed by atoms with van der Waals surface area (Å²) in [6.45, 7) is 0.977. The molecule has 2 N–H and O–H groups in total. The summed E-state index contributed by atoms with van der Waals surface area (Å²) in [5.74, 6) is 0.606. The molecule has 0 radical (unpaired) electrons. The van der Waals surface area contributed by atoms with Crippen LogP contribution in [0, 0.1) is 0 Å². The Morgan fingerprint density at radius 3 is 1.91 bits per heavy atom. The third kappa shape index (κ3) is 4.27. The van der Waals surface area contributed by atoms with Crippen LogP contribution in [0.25, 0.3) is 21.8 Å². The van der Waals surface area contributed by atoms with E-state index in [1.807, 2.05) is 65.8 Å². The molecule has 5 rings (SSSR count). The maximum atomic E-state index is 13.3. The van der Waals surface area contributed by atoms with Crippen LogP contribution in [0.1, 0.15) is 11.1 Å². The zero-order valence-corrected chi connectivity index (χ0v) is 18.9. The normalized spacial score (nSPS) is 11.2. The molecule has 0 aliphatic rings. The van der Waals surface area contributed by atoms with Crippen LogP contribution >= 0.6 is 15.9 Å². The first-order valence-corrected chi connectivity index (χ1v) is 11.2. The summed E-state index contributed by atoms with van der Waals surface area (Å²) < 4.78 is 6.77. The van der Waals surface area contributed by atoms with Crippen molar-refractivity contribution in [2.45, 2.75) is 13.1 Å². The Hall–Kier alpha value is -3.51. The molecule has 0 spiro atoms. The number of carbonyl (C=O) groups excluding carboxylic acids is 1. The van der Waals surface area contributed by atoms with Crippen LogP contribution in [0.15, 0.2) is 89.7 Å². The lowest BCUT2D eigenvalue weighted by Gasteiger charge is -2.24. The summed E-state index contributed by atoms with van der Waals surface area (Å²) in [5.41, 5.74) is 4.33. The quantitative estimate of drug-likeness (QED) is 0.294. The number of amides is 1. The highest BCUT2D eigenvalue weighted by molar-refractivity contribution is 9.10. The molecule has 0 saturated heterocycles. The lowest BCUT2D eigenvalue weighted by Crippen LogP contribution is -2.34. The highest BCUT2D eigenvalue weighted by atomic mass is 79.9. The highest BCUT2D eigenvalue weighted by Gasteiger charge is 2.18. The Kier molecular flexibility index (Phi) is 5.69. The van der Waals surface area contributed by atoms with Gasteiger partial charge in [-0.05, 0) is 59.7 Å². The van der Waals surface area contributed by atoms with Gasteiger partial charge in [0.15, 0.2) is 6.61 Å². The van der Waals surface area contributed by atoms with Crippen molar-refractivity contribution in [1.29, 1.82) is 0 Å². The number of H-pyrrole nitrogens is 2. The summed E-state index contributed by atoms with van der Waals surface area (Å²) in [6, 6.07) is 23.9. The number of fused-ring (bicyclic) bond motifs is 2. The molecule has 5 aromatic rings. The smallest absolute Gasteiger partial charge is 0.261 e. The van der Waals surface area contributed by atoms with E-state index in [1.165, 1.54) is 0 Å². The second-order valence-electron chi connectivity index (χ2n) is 7.70. The van der Waals surface area contributed by atoms with Crippen molar-refractivity contribution in [2.75, 3.05) is 6.61 Å². The Morgan fingerprint density at radius 2 is 1.34 bits per heavy atom. The zero-order valence-electron chi connectivity index (χ0n) is 17.3. The Labute approximate surface area is 194 Å². The van der Waals surface area contributed by atoms with Gasteiger partial charge in [0, 0.05) is 51.8 Å². The van der Waals surface area contributed by atoms with E-state index in [2.05, 4.69) is 50.2 Å². The van der Waals surface area contributed by atoms with Crippen LogP contribution < -0.4 is 4.74 Å². The fraction of sp³-hybridized carbons (Fsp3) is 0.115. The average molecular weight is 488 g/mol. The second kappa shape index (κ2) is 8.93. The van der Waals surface area contributed by atoms with Gasteiger partial charge >= 0.3 is 0 Å². The lowest BCUT2D eigenvalue weighted by molar-refractivity contribution is -0.134. The maximum absolute atomic E-state index is 13.3. The van der Waals surface area contributed by atoms with E-state index < -0.39 is 0 Å². The molecular formula is C26H22BrN3O2. The Morgan fingerprint density at radius 1 is 0.781 bits per heavy atom. The van der Waals surface area contributed by atoms with Crippen LogP contribution in [0.3, 0.4) is 0 Å². The van der Waals surface area contributed by atoms with Gasteiger partial charge in [0.05, 0.1) is 0 Å². The number of carbonyl (C=O) groups is 1. The molecule has 2 heterocycles. The van der Waals surface area contributed by atoms with Gasteiger partial charge in [-0.3, -0.25) is 4.79 Å². The topological polar surface area (TPSA) is 61.1 Å².